The van der Waals surface area contributed by atoms with Crippen molar-refractivity contribution in [3.63, 3.8) is 0 Å². The Labute approximate surface area is 118 Å². The van der Waals surface area contributed by atoms with Crippen LogP contribution in [0, 0.1) is 11.8 Å². The van der Waals surface area contributed by atoms with E-state index in [4.69, 9.17) is 5.10 Å². The highest BCUT2D eigenvalue weighted by molar-refractivity contribution is 5.01. The van der Waals surface area contributed by atoms with Crippen molar-refractivity contribution >= 4 is 0 Å². The topological polar surface area (TPSA) is 29.9 Å². The third kappa shape index (κ3) is 5.35. The molecule has 0 bridgehead atoms. The molecule has 1 aromatic rings. The normalized spacial score (nSPS) is 15.2. The molecule has 19 heavy (non-hydrogen) atoms. The Morgan fingerprint density at radius 3 is 2.42 bits per heavy atom. The van der Waals surface area contributed by atoms with Gasteiger partial charge in [-0.1, -0.05) is 34.6 Å². The fourth-order valence-corrected chi connectivity index (χ4v) is 2.12. The molecule has 1 heterocycles. The Morgan fingerprint density at radius 1 is 1.21 bits per heavy atom. The van der Waals surface area contributed by atoms with E-state index in [9.17, 15) is 0 Å². The van der Waals surface area contributed by atoms with E-state index in [1.807, 2.05) is 0 Å². The van der Waals surface area contributed by atoms with Gasteiger partial charge in [0.25, 0.3) is 0 Å². The largest absolute Gasteiger partial charge is 0.314 e. The van der Waals surface area contributed by atoms with Gasteiger partial charge in [-0.3, -0.25) is 4.68 Å². The predicted molar refractivity (Wildman–Crippen MR) is 82.4 cm³/mol. The lowest BCUT2D eigenvalue weighted by molar-refractivity contribution is 0.344. The van der Waals surface area contributed by atoms with Gasteiger partial charge in [0.15, 0.2) is 0 Å². The highest BCUT2D eigenvalue weighted by Gasteiger charge is 2.16. The minimum absolute atomic E-state index is 0.500. The van der Waals surface area contributed by atoms with E-state index in [2.05, 4.69) is 63.8 Å². The third-order valence-corrected chi connectivity index (χ3v) is 3.91. The van der Waals surface area contributed by atoms with Gasteiger partial charge in [-0.05, 0) is 44.2 Å². The van der Waals surface area contributed by atoms with Crippen molar-refractivity contribution < 1.29 is 0 Å². The summed E-state index contributed by atoms with van der Waals surface area (Å²) in [6.45, 7) is 14.5. The molecule has 0 aromatic carbocycles. The highest BCUT2D eigenvalue weighted by Crippen LogP contribution is 2.17. The molecule has 3 heteroatoms. The summed E-state index contributed by atoms with van der Waals surface area (Å²) >= 11 is 0. The molecule has 0 amide bonds. The smallest absolute Gasteiger partial charge is 0.0628 e. The van der Waals surface area contributed by atoms with E-state index >= 15 is 0 Å². The highest BCUT2D eigenvalue weighted by atomic mass is 15.3. The van der Waals surface area contributed by atoms with Crippen LogP contribution >= 0.6 is 0 Å². The van der Waals surface area contributed by atoms with Crippen LogP contribution < -0.4 is 5.32 Å². The van der Waals surface area contributed by atoms with Crippen molar-refractivity contribution in [1.82, 2.24) is 15.1 Å². The molecule has 0 aliphatic heterocycles. The summed E-state index contributed by atoms with van der Waals surface area (Å²) in [5.74, 6) is 1.34. The summed E-state index contributed by atoms with van der Waals surface area (Å²) in [6, 6.07) is 3.23. The minimum atomic E-state index is 0.500. The van der Waals surface area contributed by atoms with Gasteiger partial charge in [-0.25, -0.2) is 0 Å². The van der Waals surface area contributed by atoms with Gasteiger partial charge >= 0.3 is 0 Å². The van der Waals surface area contributed by atoms with Gasteiger partial charge in [0.1, 0.15) is 0 Å². The van der Waals surface area contributed by atoms with Gasteiger partial charge in [0.05, 0.1) is 5.69 Å². The van der Waals surface area contributed by atoms with E-state index in [-0.39, 0.29) is 0 Å². The van der Waals surface area contributed by atoms with Crippen molar-refractivity contribution in [3.8, 4) is 0 Å². The second-order valence-electron chi connectivity index (χ2n) is 6.32. The molecule has 110 valence electrons. The summed E-state index contributed by atoms with van der Waals surface area (Å²) in [6.07, 6.45) is 4.32. The molecule has 0 saturated heterocycles. The molecule has 1 rings (SSSR count). The predicted octanol–water partition coefficient (Wildman–Crippen LogP) is 3.67. The van der Waals surface area contributed by atoms with Crippen molar-refractivity contribution in [1.29, 1.82) is 0 Å². The lowest BCUT2D eigenvalue weighted by Gasteiger charge is -2.22. The minimum Gasteiger partial charge on any atom is -0.314 e. The van der Waals surface area contributed by atoms with E-state index in [0.29, 0.717) is 23.9 Å². The lowest BCUT2D eigenvalue weighted by atomic mass is 9.91. The number of rotatable bonds is 8. The van der Waals surface area contributed by atoms with Crippen LogP contribution in [0.5, 0.6) is 0 Å². The standard InChI is InChI=1S/C16H31N3/c1-7-14(6)19-9-8-16(18-19)10-15(12(2)3)11-17-13(4)5/h8-9,12-15,17H,7,10-11H2,1-6H3. The molecule has 2 unspecified atom stereocenters. The average molecular weight is 265 g/mol. The molecule has 1 aromatic heterocycles. The molecular formula is C16H31N3. The Kier molecular flexibility index (Phi) is 6.56. The van der Waals surface area contributed by atoms with Crippen molar-refractivity contribution in [2.24, 2.45) is 11.8 Å². The molecule has 3 nitrogen and oxygen atoms in total. The fraction of sp³-hybridized carbons (Fsp3) is 0.812. The lowest BCUT2D eigenvalue weighted by Crippen LogP contribution is -2.32. The molecule has 0 aliphatic carbocycles. The molecule has 0 spiro atoms. The molecule has 1 N–H and O–H groups in total. The summed E-state index contributed by atoms with van der Waals surface area (Å²) in [5.41, 5.74) is 1.23. The second kappa shape index (κ2) is 7.68. The second-order valence-corrected chi connectivity index (χ2v) is 6.32. The number of hydrogen-bond acceptors (Lipinski definition) is 2. The van der Waals surface area contributed by atoms with Crippen molar-refractivity contribution in [3.05, 3.63) is 18.0 Å². The molecule has 0 saturated carbocycles. The maximum Gasteiger partial charge on any atom is 0.0628 e. The summed E-state index contributed by atoms with van der Waals surface area (Å²) < 4.78 is 2.10. The number of aromatic nitrogens is 2. The zero-order chi connectivity index (χ0) is 14.4. The zero-order valence-corrected chi connectivity index (χ0v) is 13.5. The number of hydrogen-bond donors (Lipinski definition) is 1. The van der Waals surface area contributed by atoms with Crippen LogP contribution in [0.2, 0.25) is 0 Å². The quantitative estimate of drug-likeness (QED) is 0.777. The number of nitrogens with one attached hydrogen (secondary N) is 1. The first-order valence-electron chi connectivity index (χ1n) is 7.71. The molecule has 2 atom stereocenters. The Bertz CT molecular complexity index is 355. The van der Waals surface area contributed by atoms with E-state index < -0.39 is 0 Å². The maximum absolute atomic E-state index is 4.72. The fourth-order valence-electron chi connectivity index (χ4n) is 2.12. The maximum atomic E-state index is 4.72. The molecule has 0 fully saturated rings. The van der Waals surface area contributed by atoms with Crippen molar-refractivity contribution in [2.45, 2.75) is 66.5 Å². The SMILES string of the molecule is CCC(C)n1ccc(CC(CNC(C)C)C(C)C)n1. The van der Waals surface area contributed by atoms with Gasteiger partial charge < -0.3 is 5.32 Å². The van der Waals surface area contributed by atoms with Crippen LogP contribution in [0.25, 0.3) is 0 Å². The van der Waals surface area contributed by atoms with E-state index in [1.165, 1.54) is 5.69 Å². The third-order valence-electron chi connectivity index (χ3n) is 3.91. The van der Waals surface area contributed by atoms with E-state index in [0.717, 1.165) is 19.4 Å². The van der Waals surface area contributed by atoms with Crippen molar-refractivity contribution in [2.75, 3.05) is 6.54 Å². The Hall–Kier alpha value is -0.830. The van der Waals surface area contributed by atoms with Gasteiger partial charge in [0.2, 0.25) is 0 Å². The summed E-state index contributed by atoms with van der Waals surface area (Å²) in [4.78, 5) is 0. The zero-order valence-electron chi connectivity index (χ0n) is 13.5. The summed E-state index contributed by atoms with van der Waals surface area (Å²) in [5, 5.41) is 8.27. The average Bonchev–Trinajstić information content (AvgIpc) is 2.81. The monoisotopic (exact) mass is 265 g/mol. The summed E-state index contributed by atoms with van der Waals surface area (Å²) in [7, 11) is 0. The van der Waals surface area contributed by atoms with Crippen LogP contribution in [-0.2, 0) is 6.42 Å². The van der Waals surface area contributed by atoms with Crippen LogP contribution in [0.1, 0.15) is 59.7 Å². The van der Waals surface area contributed by atoms with Gasteiger partial charge in [0, 0.05) is 18.3 Å². The Balaban J connectivity index is 2.61. The molecule has 0 radical (unpaired) electrons. The molecular weight excluding hydrogens is 234 g/mol. The number of nitrogens with zero attached hydrogens (tertiary/aromatic N) is 2. The molecule has 0 aliphatic rings. The van der Waals surface area contributed by atoms with Crippen LogP contribution in [0.4, 0.5) is 0 Å². The van der Waals surface area contributed by atoms with E-state index in [1.54, 1.807) is 0 Å². The van der Waals surface area contributed by atoms with Crippen LogP contribution in [-0.4, -0.2) is 22.4 Å². The van der Waals surface area contributed by atoms with Crippen LogP contribution in [0.15, 0.2) is 12.3 Å². The van der Waals surface area contributed by atoms with Gasteiger partial charge in [-0.2, -0.15) is 5.10 Å². The first kappa shape index (κ1) is 16.2. The van der Waals surface area contributed by atoms with Crippen LogP contribution in [0.3, 0.4) is 0 Å². The Morgan fingerprint density at radius 2 is 1.89 bits per heavy atom. The first-order chi connectivity index (χ1) is 8.93. The first-order valence-corrected chi connectivity index (χ1v) is 7.71. The van der Waals surface area contributed by atoms with Gasteiger partial charge in [-0.15, -0.1) is 0 Å².